The Morgan fingerprint density at radius 1 is 1.47 bits per heavy atom. The third-order valence-electron chi connectivity index (χ3n) is 3.87. The minimum absolute atomic E-state index is 0.118. The molecule has 0 aliphatic carbocycles. The van der Waals surface area contributed by atoms with Crippen LogP contribution in [0.15, 0.2) is 24.4 Å². The number of amides is 1. The van der Waals surface area contributed by atoms with E-state index in [0.29, 0.717) is 6.04 Å². The zero-order valence-corrected chi connectivity index (χ0v) is 11.3. The number of likely N-dealkylation sites (tertiary alicyclic amines) is 1. The maximum Gasteiger partial charge on any atom is 0.253 e. The van der Waals surface area contributed by atoms with Crippen LogP contribution >= 0.6 is 0 Å². The summed E-state index contributed by atoms with van der Waals surface area (Å²) in [5.41, 5.74) is 1.71. The number of H-pyrrole nitrogens is 1. The van der Waals surface area contributed by atoms with Crippen LogP contribution in [0.3, 0.4) is 0 Å². The summed E-state index contributed by atoms with van der Waals surface area (Å²) in [5.74, 6) is 0.118. The van der Waals surface area contributed by atoms with E-state index in [1.807, 2.05) is 23.1 Å². The molecule has 1 fully saturated rings. The van der Waals surface area contributed by atoms with Crippen LogP contribution in [0.1, 0.15) is 16.8 Å². The number of carbonyl (C=O) groups excluding carboxylic acids is 1. The van der Waals surface area contributed by atoms with Crippen molar-refractivity contribution in [1.82, 2.24) is 20.0 Å². The Hall–Kier alpha value is -1.88. The molecule has 5 nitrogen and oxygen atoms in total. The largest absolute Gasteiger partial charge is 0.337 e. The Labute approximate surface area is 112 Å². The van der Waals surface area contributed by atoms with Crippen molar-refractivity contribution in [2.45, 2.75) is 12.5 Å². The molecule has 1 aromatic carbocycles. The number of hydrogen-bond acceptors (Lipinski definition) is 3. The van der Waals surface area contributed by atoms with Crippen LogP contribution in [-0.2, 0) is 0 Å². The number of likely N-dealkylation sites (N-methyl/N-ethyl adjacent to an activating group) is 1. The predicted octanol–water partition coefficient (Wildman–Crippen LogP) is 1.34. The van der Waals surface area contributed by atoms with E-state index in [4.69, 9.17) is 0 Å². The van der Waals surface area contributed by atoms with Crippen molar-refractivity contribution in [3.63, 3.8) is 0 Å². The molecule has 0 radical (unpaired) electrons. The summed E-state index contributed by atoms with van der Waals surface area (Å²) in [4.78, 5) is 16.6. The fraction of sp³-hybridized carbons (Fsp3) is 0.429. The van der Waals surface area contributed by atoms with Crippen LogP contribution in [0.5, 0.6) is 0 Å². The summed E-state index contributed by atoms with van der Waals surface area (Å²) in [6, 6.07) is 6.16. The number of nitrogens with zero attached hydrogens (tertiary/aromatic N) is 3. The summed E-state index contributed by atoms with van der Waals surface area (Å²) in [7, 11) is 4.13. The van der Waals surface area contributed by atoms with Gasteiger partial charge in [0.1, 0.15) is 0 Å². The van der Waals surface area contributed by atoms with Gasteiger partial charge in [-0.05, 0) is 38.7 Å². The molecule has 19 heavy (non-hydrogen) atoms. The van der Waals surface area contributed by atoms with Gasteiger partial charge in [0.15, 0.2) is 0 Å². The van der Waals surface area contributed by atoms with Gasteiger partial charge in [0, 0.05) is 30.1 Å². The van der Waals surface area contributed by atoms with Gasteiger partial charge in [0.05, 0.1) is 11.7 Å². The van der Waals surface area contributed by atoms with E-state index in [0.717, 1.165) is 36.0 Å². The number of fused-ring (bicyclic) bond motifs is 1. The minimum atomic E-state index is 0.118. The first-order valence-corrected chi connectivity index (χ1v) is 6.54. The number of carbonyl (C=O) groups is 1. The van der Waals surface area contributed by atoms with Gasteiger partial charge in [0.25, 0.3) is 5.91 Å². The molecule has 3 rings (SSSR count). The van der Waals surface area contributed by atoms with Gasteiger partial charge in [-0.2, -0.15) is 5.10 Å². The average Bonchev–Trinajstić information content (AvgIpc) is 3.06. The highest BCUT2D eigenvalue weighted by Gasteiger charge is 2.28. The van der Waals surface area contributed by atoms with Crippen molar-refractivity contribution in [3.05, 3.63) is 30.0 Å². The van der Waals surface area contributed by atoms with E-state index in [1.165, 1.54) is 0 Å². The zero-order valence-electron chi connectivity index (χ0n) is 11.3. The molecule has 1 aliphatic rings. The second-order valence-corrected chi connectivity index (χ2v) is 5.33. The summed E-state index contributed by atoms with van der Waals surface area (Å²) in [6.07, 6.45) is 2.80. The fourth-order valence-corrected chi connectivity index (χ4v) is 2.61. The number of hydrogen-bond donors (Lipinski definition) is 1. The van der Waals surface area contributed by atoms with Crippen molar-refractivity contribution < 1.29 is 4.79 Å². The standard InChI is InChI=1S/C14H18N4O/c1-17(2)12-5-6-18(9-12)14(19)10-3-4-13-11(7-10)8-15-16-13/h3-4,7-8,12H,5-6,9H2,1-2H3,(H,15,16). The number of aromatic amines is 1. The van der Waals surface area contributed by atoms with Gasteiger partial charge >= 0.3 is 0 Å². The van der Waals surface area contributed by atoms with Crippen molar-refractivity contribution in [3.8, 4) is 0 Å². The monoisotopic (exact) mass is 258 g/mol. The maximum absolute atomic E-state index is 12.5. The number of nitrogens with one attached hydrogen (secondary N) is 1. The Balaban J connectivity index is 1.80. The third-order valence-corrected chi connectivity index (χ3v) is 3.87. The summed E-state index contributed by atoms with van der Waals surface area (Å²) in [5, 5.41) is 7.85. The van der Waals surface area contributed by atoms with E-state index >= 15 is 0 Å². The first-order chi connectivity index (χ1) is 9.15. The summed E-state index contributed by atoms with van der Waals surface area (Å²) in [6.45, 7) is 1.65. The molecular weight excluding hydrogens is 240 g/mol. The molecule has 5 heteroatoms. The second-order valence-electron chi connectivity index (χ2n) is 5.33. The maximum atomic E-state index is 12.5. The Kier molecular flexibility index (Phi) is 2.98. The molecule has 1 unspecified atom stereocenters. The normalized spacial score (nSPS) is 19.5. The smallest absolute Gasteiger partial charge is 0.253 e. The molecule has 0 spiro atoms. The predicted molar refractivity (Wildman–Crippen MR) is 74.1 cm³/mol. The fourth-order valence-electron chi connectivity index (χ4n) is 2.61. The summed E-state index contributed by atoms with van der Waals surface area (Å²) < 4.78 is 0. The zero-order chi connectivity index (χ0) is 13.4. The first-order valence-electron chi connectivity index (χ1n) is 6.54. The van der Waals surface area contributed by atoms with E-state index < -0.39 is 0 Å². The highest BCUT2D eigenvalue weighted by Crippen LogP contribution is 2.19. The topological polar surface area (TPSA) is 52.2 Å². The highest BCUT2D eigenvalue weighted by atomic mass is 16.2. The van der Waals surface area contributed by atoms with Crippen molar-refractivity contribution >= 4 is 16.8 Å². The molecule has 0 saturated carbocycles. The lowest BCUT2D eigenvalue weighted by molar-refractivity contribution is 0.0783. The van der Waals surface area contributed by atoms with Crippen LogP contribution in [0, 0.1) is 0 Å². The van der Waals surface area contributed by atoms with E-state index in [1.54, 1.807) is 6.20 Å². The van der Waals surface area contributed by atoms with Crippen molar-refractivity contribution in [2.75, 3.05) is 27.2 Å². The van der Waals surface area contributed by atoms with Crippen molar-refractivity contribution in [1.29, 1.82) is 0 Å². The highest BCUT2D eigenvalue weighted by molar-refractivity contribution is 5.98. The number of benzene rings is 1. The lowest BCUT2D eigenvalue weighted by atomic mass is 10.1. The lowest BCUT2D eigenvalue weighted by Gasteiger charge is -2.20. The van der Waals surface area contributed by atoms with E-state index in [2.05, 4.69) is 29.2 Å². The Morgan fingerprint density at radius 3 is 3.05 bits per heavy atom. The third kappa shape index (κ3) is 2.21. The van der Waals surface area contributed by atoms with Gasteiger partial charge in [-0.3, -0.25) is 9.89 Å². The Bertz CT molecular complexity index is 604. The molecule has 1 saturated heterocycles. The SMILES string of the molecule is CN(C)C1CCN(C(=O)c2ccc3[nH]ncc3c2)C1. The van der Waals surface area contributed by atoms with Gasteiger partial charge < -0.3 is 9.80 Å². The van der Waals surface area contributed by atoms with E-state index in [9.17, 15) is 4.79 Å². The summed E-state index contributed by atoms with van der Waals surface area (Å²) >= 11 is 0. The first kappa shape index (κ1) is 12.2. The minimum Gasteiger partial charge on any atom is -0.337 e. The molecule has 1 aliphatic heterocycles. The Morgan fingerprint density at radius 2 is 2.32 bits per heavy atom. The molecule has 2 heterocycles. The lowest BCUT2D eigenvalue weighted by Crippen LogP contribution is -2.34. The molecular formula is C14H18N4O. The van der Waals surface area contributed by atoms with Crippen LogP contribution in [0.4, 0.5) is 0 Å². The van der Waals surface area contributed by atoms with Crippen LogP contribution in [0.2, 0.25) is 0 Å². The number of rotatable bonds is 2. The van der Waals surface area contributed by atoms with Gasteiger partial charge in [-0.25, -0.2) is 0 Å². The van der Waals surface area contributed by atoms with Gasteiger partial charge in [0.2, 0.25) is 0 Å². The molecule has 1 N–H and O–H groups in total. The molecule has 1 aromatic heterocycles. The van der Waals surface area contributed by atoms with Crippen LogP contribution < -0.4 is 0 Å². The molecule has 1 amide bonds. The quantitative estimate of drug-likeness (QED) is 0.884. The van der Waals surface area contributed by atoms with Crippen LogP contribution in [-0.4, -0.2) is 59.1 Å². The second kappa shape index (κ2) is 4.66. The van der Waals surface area contributed by atoms with Gasteiger partial charge in [-0.1, -0.05) is 0 Å². The molecule has 100 valence electrons. The molecule has 1 atom stereocenters. The van der Waals surface area contributed by atoms with Gasteiger partial charge in [-0.15, -0.1) is 0 Å². The number of aromatic nitrogens is 2. The molecule has 0 bridgehead atoms. The van der Waals surface area contributed by atoms with Crippen molar-refractivity contribution in [2.24, 2.45) is 0 Å². The average molecular weight is 258 g/mol. The van der Waals surface area contributed by atoms with E-state index in [-0.39, 0.29) is 5.91 Å². The molecule has 2 aromatic rings. The van der Waals surface area contributed by atoms with Crippen LogP contribution in [0.25, 0.3) is 10.9 Å².